The lowest BCUT2D eigenvalue weighted by Gasteiger charge is -2.39. The van der Waals surface area contributed by atoms with Crippen molar-refractivity contribution in [1.29, 1.82) is 0 Å². The molecule has 0 radical (unpaired) electrons. The quantitative estimate of drug-likeness (QED) is 0.827. The summed E-state index contributed by atoms with van der Waals surface area (Å²) in [6.45, 7) is 4.19. The zero-order valence-corrected chi connectivity index (χ0v) is 11.7. The maximum atomic E-state index is 12.2. The van der Waals surface area contributed by atoms with Crippen molar-refractivity contribution < 1.29 is 9.53 Å². The summed E-state index contributed by atoms with van der Waals surface area (Å²) < 4.78 is 5.52. The first kappa shape index (κ1) is 13.8. The van der Waals surface area contributed by atoms with Crippen molar-refractivity contribution in [2.75, 3.05) is 26.7 Å². The Kier molecular flexibility index (Phi) is 4.62. The Labute approximate surface area is 110 Å². The standard InChI is InChI=1S/C14H26N2O2/c1-14(18-2)8-5-9-16(11-14)13(17)10-15-12-6-3-4-7-12/h12,15H,3-11H2,1-2H3. The van der Waals surface area contributed by atoms with Crippen molar-refractivity contribution in [3.8, 4) is 0 Å². The molecule has 0 bridgehead atoms. The van der Waals surface area contributed by atoms with Gasteiger partial charge in [0.25, 0.3) is 0 Å². The first-order valence-electron chi connectivity index (χ1n) is 7.19. The van der Waals surface area contributed by atoms with E-state index in [1.54, 1.807) is 7.11 Å². The Hall–Kier alpha value is -0.610. The van der Waals surface area contributed by atoms with Gasteiger partial charge in [0, 0.05) is 26.2 Å². The van der Waals surface area contributed by atoms with E-state index in [2.05, 4.69) is 12.2 Å². The monoisotopic (exact) mass is 254 g/mol. The predicted molar refractivity (Wildman–Crippen MR) is 71.5 cm³/mol. The summed E-state index contributed by atoms with van der Waals surface area (Å²) in [6.07, 6.45) is 7.14. The highest BCUT2D eigenvalue weighted by Crippen LogP contribution is 2.24. The van der Waals surface area contributed by atoms with Crippen molar-refractivity contribution in [1.82, 2.24) is 10.2 Å². The fourth-order valence-corrected chi connectivity index (χ4v) is 3.06. The van der Waals surface area contributed by atoms with E-state index in [0.717, 1.165) is 25.9 Å². The second kappa shape index (κ2) is 6.02. The Morgan fingerprint density at radius 3 is 2.78 bits per heavy atom. The zero-order valence-electron chi connectivity index (χ0n) is 11.7. The van der Waals surface area contributed by atoms with Crippen molar-refractivity contribution >= 4 is 5.91 Å². The molecule has 1 aliphatic heterocycles. The summed E-state index contributed by atoms with van der Waals surface area (Å²) in [5, 5.41) is 3.39. The number of carbonyl (C=O) groups is 1. The number of piperidine rings is 1. The van der Waals surface area contributed by atoms with Gasteiger partial charge in [0.05, 0.1) is 12.1 Å². The van der Waals surface area contributed by atoms with Crippen LogP contribution >= 0.6 is 0 Å². The number of hydrogen-bond acceptors (Lipinski definition) is 3. The summed E-state index contributed by atoms with van der Waals surface area (Å²) >= 11 is 0. The summed E-state index contributed by atoms with van der Waals surface area (Å²) in [4.78, 5) is 14.1. The maximum Gasteiger partial charge on any atom is 0.236 e. The van der Waals surface area contributed by atoms with Crippen molar-refractivity contribution in [3.05, 3.63) is 0 Å². The molecule has 18 heavy (non-hydrogen) atoms. The zero-order chi connectivity index (χ0) is 13.0. The number of ether oxygens (including phenoxy) is 1. The number of hydrogen-bond donors (Lipinski definition) is 1. The Morgan fingerprint density at radius 1 is 1.39 bits per heavy atom. The van der Waals surface area contributed by atoms with Crippen LogP contribution in [0.2, 0.25) is 0 Å². The van der Waals surface area contributed by atoms with Gasteiger partial charge in [0.1, 0.15) is 0 Å². The van der Waals surface area contributed by atoms with E-state index in [0.29, 0.717) is 12.6 Å². The third-order valence-electron chi connectivity index (χ3n) is 4.40. The molecule has 2 fully saturated rings. The summed E-state index contributed by atoms with van der Waals surface area (Å²) in [7, 11) is 1.74. The van der Waals surface area contributed by atoms with Crippen LogP contribution in [0.3, 0.4) is 0 Å². The van der Waals surface area contributed by atoms with Crippen LogP contribution in [-0.4, -0.2) is 49.2 Å². The minimum Gasteiger partial charge on any atom is -0.377 e. The average Bonchev–Trinajstić information content (AvgIpc) is 2.89. The van der Waals surface area contributed by atoms with E-state index in [-0.39, 0.29) is 11.5 Å². The number of likely N-dealkylation sites (tertiary alicyclic amines) is 1. The summed E-state index contributed by atoms with van der Waals surface area (Å²) in [5.74, 6) is 0.227. The molecule has 0 aromatic rings. The van der Waals surface area contributed by atoms with Gasteiger partial charge in [-0.3, -0.25) is 4.79 Å². The number of methoxy groups -OCH3 is 1. The van der Waals surface area contributed by atoms with Crippen LogP contribution in [0.5, 0.6) is 0 Å². The molecule has 0 aromatic carbocycles. The van der Waals surface area contributed by atoms with Gasteiger partial charge < -0.3 is 15.0 Å². The number of nitrogens with zero attached hydrogens (tertiary/aromatic N) is 1. The highest BCUT2D eigenvalue weighted by atomic mass is 16.5. The van der Waals surface area contributed by atoms with Crippen LogP contribution in [0.4, 0.5) is 0 Å². The van der Waals surface area contributed by atoms with Gasteiger partial charge in [0.2, 0.25) is 5.91 Å². The van der Waals surface area contributed by atoms with Crippen molar-refractivity contribution in [2.45, 2.75) is 57.1 Å². The molecule has 2 aliphatic rings. The molecular weight excluding hydrogens is 228 g/mol. The minimum absolute atomic E-state index is 0.152. The van der Waals surface area contributed by atoms with E-state index < -0.39 is 0 Å². The molecule has 4 nitrogen and oxygen atoms in total. The third-order valence-corrected chi connectivity index (χ3v) is 4.40. The molecule has 1 heterocycles. The van der Waals surface area contributed by atoms with Gasteiger partial charge in [0.15, 0.2) is 0 Å². The molecule has 1 atom stereocenters. The van der Waals surface area contributed by atoms with Gasteiger partial charge in [-0.1, -0.05) is 12.8 Å². The van der Waals surface area contributed by atoms with Gasteiger partial charge in [-0.15, -0.1) is 0 Å². The van der Waals surface area contributed by atoms with Crippen LogP contribution < -0.4 is 5.32 Å². The molecule has 2 rings (SSSR count). The van der Waals surface area contributed by atoms with Crippen LogP contribution in [0, 0.1) is 0 Å². The molecule has 0 spiro atoms. The molecule has 1 amide bonds. The number of amides is 1. The Morgan fingerprint density at radius 2 is 2.11 bits per heavy atom. The first-order valence-corrected chi connectivity index (χ1v) is 7.19. The van der Waals surface area contributed by atoms with Gasteiger partial charge >= 0.3 is 0 Å². The topological polar surface area (TPSA) is 41.6 Å². The van der Waals surface area contributed by atoms with Gasteiger partial charge in [-0.25, -0.2) is 0 Å². The molecule has 1 unspecified atom stereocenters. The highest BCUT2D eigenvalue weighted by molar-refractivity contribution is 5.78. The molecule has 4 heteroatoms. The highest BCUT2D eigenvalue weighted by Gasteiger charge is 2.32. The molecule has 1 N–H and O–H groups in total. The van der Waals surface area contributed by atoms with Crippen LogP contribution in [0.1, 0.15) is 45.4 Å². The second-order valence-corrected chi connectivity index (χ2v) is 5.94. The second-order valence-electron chi connectivity index (χ2n) is 5.94. The van der Waals surface area contributed by atoms with E-state index >= 15 is 0 Å². The van der Waals surface area contributed by atoms with Gasteiger partial charge in [-0.05, 0) is 32.6 Å². The number of carbonyl (C=O) groups excluding carboxylic acids is 1. The van der Waals surface area contributed by atoms with E-state index in [9.17, 15) is 4.79 Å². The molecule has 1 saturated heterocycles. The average molecular weight is 254 g/mol. The Bertz CT molecular complexity index is 290. The molecule has 104 valence electrons. The molecular formula is C14H26N2O2. The van der Waals surface area contributed by atoms with Gasteiger partial charge in [-0.2, -0.15) is 0 Å². The predicted octanol–water partition coefficient (Wildman–Crippen LogP) is 1.55. The molecule has 1 aliphatic carbocycles. The fraction of sp³-hybridized carbons (Fsp3) is 0.929. The smallest absolute Gasteiger partial charge is 0.236 e. The minimum atomic E-state index is -0.152. The Balaban J connectivity index is 1.77. The lowest BCUT2D eigenvalue weighted by atomic mass is 9.95. The summed E-state index contributed by atoms with van der Waals surface area (Å²) in [5.41, 5.74) is -0.152. The fourth-order valence-electron chi connectivity index (χ4n) is 3.06. The number of rotatable bonds is 4. The van der Waals surface area contributed by atoms with Crippen molar-refractivity contribution in [2.24, 2.45) is 0 Å². The van der Waals surface area contributed by atoms with Crippen LogP contribution in [-0.2, 0) is 9.53 Å². The SMILES string of the molecule is COC1(C)CCCN(C(=O)CNC2CCCC2)C1. The van der Waals surface area contributed by atoms with E-state index in [4.69, 9.17) is 4.74 Å². The van der Waals surface area contributed by atoms with Crippen LogP contribution in [0.25, 0.3) is 0 Å². The normalized spacial score (nSPS) is 29.8. The van der Waals surface area contributed by atoms with E-state index in [1.165, 1.54) is 25.7 Å². The van der Waals surface area contributed by atoms with Crippen LogP contribution in [0.15, 0.2) is 0 Å². The lowest BCUT2D eigenvalue weighted by Crippen LogP contribution is -2.52. The molecule has 1 saturated carbocycles. The molecule has 0 aromatic heterocycles. The number of nitrogens with one attached hydrogen (secondary N) is 1. The summed E-state index contributed by atoms with van der Waals surface area (Å²) in [6, 6.07) is 0.563. The van der Waals surface area contributed by atoms with Crippen molar-refractivity contribution in [3.63, 3.8) is 0 Å². The first-order chi connectivity index (χ1) is 8.63. The lowest BCUT2D eigenvalue weighted by molar-refractivity contribution is -0.138. The maximum absolute atomic E-state index is 12.2. The third kappa shape index (κ3) is 3.45. The largest absolute Gasteiger partial charge is 0.377 e. The van der Waals surface area contributed by atoms with E-state index in [1.807, 2.05) is 4.90 Å².